The van der Waals surface area contributed by atoms with Crippen molar-refractivity contribution >= 4 is 15.9 Å². The van der Waals surface area contributed by atoms with Crippen LogP contribution in [0.4, 0.5) is 17.6 Å². The zero-order valence-electron chi connectivity index (χ0n) is 7.48. The van der Waals surface area contributed by atoms with E-state index in [0.29, 0.717) is 0 Å². The maximum absolute atomic E-state index is 13.7. The molecule has 0 amide bonds. The van der Waals surface area contributed by atoms with E-state index in [1.807, 2.05) is 0 Å². The summed E-state index contributed by atoms with van der Waals surface area (Å²) in [6.45, 7) is -1.14. The molecule has 0 aliphatic carbocycles. The Bertz CT molecular complexity index is 352. The molecule has 0 aliphatic heterocycles. The van der Waals surface area contributed by atoms with Gasteiger partial charge in [0.05, 0.1) is 0 Å². The molecule has 2 N–H and O–H groups in total. The van der Waals surface area contributed by atoms with Crippen LogP contribution in [-0.2, 0) is 5.67 Å². The van der Waals surface area contributed by atoms with Gasteiger partial charge in [-0.3, -0.25) is 0 Å². The Kier molecular flexibility index (Phi) is 3.40. The van der Waals surface area contributed by atoms with E-state index in [4.69, 9.17) is 5.73 Å². The van der Waals surface area contributed by atoms with Crippen molar-refractivity contribution in [2.24, 2.45) is 5.73 Å². The second-order valence-corrected chi connectivity index (χ2v) is 3.84. The smallest absolute Gasteiger partial charge is 0.327 e. The average Bonchev–Trinajstić information content (AvgIpc) is 2.15. The highest BCUT2D eigenvalue weighted by Crippen LogP contribution is 2.44. The van der Waals surface area contributed by atoms with Crippen LogP contribution in [0.1, 0.15) is 5.56 Å². The summed E-state index contributed by atoms with van der Waals surface area (Å²) in [5, 5.41) is 0. The number of halogens is 5. The van der Waals surface area contributed by atoms with Crippen LogP contribution < -0.4 is 5.73 Å². The number of hydrogen-bond acceptors (Lipinski definition) is 1. The predicted octanol–water partition coefficient (Wildman–Crippen LogP) is 3.13. The lowest BCUT2D eigenvalue weighted by molar-refractivity contribution is -0.232. The standard InChI is InChI=1S/C9H8BrF4N/c10-7-4-2-1-3-6(7)8(11,5-15)9(12,13)14/h1-4H,5,15H2. The second kappa shape index (κ2) is 4.09. The molecule has 0 aliphatic rings. The highest BCUT2D eigenvalue weighted by molar-refractivity contribution is 9.10. The predicted molar refractivity (Wildman–Crippen MR) is 52.0 cm³/mol. The minimum Gasteiger partial charge on any atom is -0.327 e. The SMILES string of the molecule is NCC(F)(c1ccccc1Br)C(F)(F)F. The highest BCUT2D eigenvalue weighted by atomic mass is 79.9. The molecule has 1 atom stereocenters. The molecule has 0 saturated carbocycles. The van der Waals surface area contributed by atoms with Gasteiger partial charge in [0.2, 0.25) is 5.67 Å². The molecule has 0 heterocycles. The molecule has 1 unspecified atom stereocenters. The van der Waals surface area contributed by atoms with E-state index in [2.05, 4.69) is 15.9 Å². The number of hydrogen-bond donors (Lipinski definition) is 1. The molecule has 0 radical (unpaired) electrons. The molecular weight excluding hydrogens is 278 g/mol. The lowest BCUT2D eigenvalue weighted by Gasteiger charge is -2.27. The first-order chi connectivity index (χ1) is 6.83. The monoisotopic (exact) mass is 285 g/mol. The Labute approximate surface area is 92.4 Å². The Morgan fingerprint density at radius 3 is 2.07 bits per heavy atom. The fraction of sp³-hybridized carbons (Fsp3) is 0.333. The van der Waals surface area contributed by atoms with Gasteiger partial charge in [-0.15, -0.1) is 0 Å². The molecule has 15 heavy (non-hydrogen) atoms. The van der Waals surface area contributed by atoms with Crippen molar-refractivity contribution in [3.05, 3.63) is 34.3 Å². The van der Waals surface area contributed by atoms with Crippen molar-refractivity contribution in [3.8, 4) is 0 Å². The van der Waals surface area contributed by atoms with Gasteiger partial charge >= 0.3 is 6.18 Å². The van der Waals surface area contributed by atoms with Crippen molar-refractivity contribution in [2.45, 2.75) is 11.8 Å². The highest BCUT2D eigenvalue weighted by Gasteiger charge is 2.57. The van der Waals surface area contributed by atoms with Crippen LogP contribution >= 0.6 is 15.9 Å². The van der Waals surface area contributed by atoms with Crippen LogP contribution in [-0.4, -0.2) is 12.7 Å². The van der Waals surface area contributed by atoms with Gasteiger partial charge in [-0.25, -0.2) is 4.39 Å². The van der Waals surface area contributed by atoms with Gasteiger partial charge in [0.15, 0.2) is 0 Å². The molecule has 0 spiro atoms. The first-order valence-electron chi connectivity index (χ1n) is 4.03. The van der Waals surface area contributed by atoms with E-state index < -0.39 is 24.0 Å². The van der Waals surface area contributed by atoms with Gasteiger partial charge in [-0.1, -0.05) is 34.1 Å². The summed E-state index contributed by atoms with van der Waals surface area (Å²) in [5.74, 6) is 0. The minimum absolute atomic E-state index is 0.0512. The zero-order valence-corrected chi connectivity index (χ0v) is 9.07. The average molecular weight is 286 g/mol. The summed E-state index contributed by atoms with van der Waals surface area (Å²) < 4.78 is 51.3. The van der Waals surface area contributed by atoms with Gasteiger partial charge in [0.1, 0.15) is 0 Å². The number of rotatable bonds is 2. The van der Waals surface area contributed by atoms with Crippen LogP contribution in [0.15, 0.2) is 28.7 Å². The van der Waals surface area contributed by atoms with Crippen molar-refractivity contribution in [3.63, 3.8) is 0 Å². The van der Waals surface area contributed by atoms with Crippen LogP contribution in [0.5, 0.6) is 0 Å². The Balaban J connectivity index is 3.30. The Hall–Kier alpha value is -0.620. The lowest BCUT2D eigenvalue weighted by atomic mass is 9.95. The fourth-order valence-electron chi connectivity index (χ4n) is 1.16. The molecule has 1 nitrogen and oxygen atoms in total. The summed E-state index contributed by atoms with van der Waals surface area (Å²) in [4.78, 5) is 0. The molecule has 1 rings (SSSR count). The van der Waals surface area contributed by atoms with Crippen molar-refractivity contribution < 1.29 is 17.6 Å². The summed E-state index contributed by atoms with van der Waals surface area (Å²) >= 11 is 2.87. The topological polar surface area (TPSA) is 26.0 Å². The molecular formula is C9H8BrF4N. The molecule has 0 aromatic heterocycles. The van der Waals surface area contributed by atoms with E-state index in [0.717, 1.165) is 6.07 Å². The van der Waals surface area contributed by atoms with Gasteiger partial charge in [0.25, 0.3) is 0 Å². The molecule has 6 heteroatoms. The van der Waals surface area contributed by atoms with E-state index in [1.54, 1.807) is 0 Å². The maximum atomic E-state index is 13.7. The van der Waals surface area contributed by atoms with Crippen LogP contribution in [0, 0.1) is 0 Å². The number of benzene rings is 1. The lowest BCUT2D eigenvalue weighted by Crippen LogP contribution is -2.44. The van der Waals surface area contributed by atoms with Crippen LogP contribution in [0.25, 0.3) is 0 Å². The van der Waals surface area contributed by atoms with Crippen LogP contribution in [0.3, 0.4) is 0 Å². The Morgan fingerprint density at radius 1 is 1.13 bits per heavy atom. The molecule has 0 bridgehead atoms. The molecule has 1 aromatic carbocycles. The summed E-state index contributed by atoms with van der Waals surface area (Å²) in [5.41, 5.74) is 0.871. The molecule has 0 saturated heterocycles. The third-order valence-electron chi connectivity index (χ3n) is 2.03. The van der Waals surface area contributed by atoms with E-state index >= 15 is 0 Å². The van der Waals surface area contributed by atoms with Gasteiger partial charge < -0.3 is 5.73 Å². The Morgan fingerprint density at radius 2 is 1.67 bits per heavy atom. The van der Waals surface area contributed by atoms with Crippen molar-refractivity contribution in [2.75, 3.05) is 6.54 Å². The maximum Gasteiger partial charge on any atom is 0.428 e. The zero-order chi connectivity index (χ0) is 11.7. The fourth-order valence-corrected chi connectivity index (χ4v) is 1.76. The number of nitrogens with two attached hydrogens (primary N) is 1. The van der Waals surface area contributed by atoms with Crippen molar-refractivity contribution in [1.82, 2.24) is 0 Å². The van der Waals surface area contributed by atoms with E-state index in [9.17, 15) is 17.6 Å². The molecule has 84 valence electrons. The summed E-state index contributed by atoms with van der Waals surface area (Å²) in [7, 11) is 0. The normalized spacial score (nSPS) is 16.1. The minimum atomic E-state index is -5.02. The van der Waals surface area contributed by atoms with E-state index in [-0.39, 0.29) is 4.47 Å². The third kappa shape index (κ3) is 2.15. The van der Waals surface area contributed by atoms with Gasteiger partial charge in [0, 0.05) is 16.6 Å². The molecule has 0 fully saturated rings. The largest absolute Gasteiger partial charge is 0.428 e. The first kappa shape index (κ1) is 12.4. The summed E-state index contributed by atoms with van der Waals surface area (Å²) in [6, 6.07) is 5.23. The third-order valence-corrected chi connectivity index (χ3v) is 2.72. The van der Waals surface area contributed by atoms with Gasteiger partial charge in [-0.2, -0.15) is 13.2 Å². The number of alkyl halides is 4. The first-order valence-corrected chi connectivity index (χ1v) is 4.83. The van der Waals surface area contributed by atoms with E-state index in [1.165, 1.54) is 18.2 Å². The van der Waals surface area contributed by atoms with Gasteiger partial charge in [-0.05, 0) is 6.07 Å². The molecule has 1 aromatic rings. The quantitative estimate of drug-likeness (QED) is 0.830. The summed E-state index contributed by atoms with van der Waals surface area (Å²) in [6.07, 6.45) is -5.02. The van der Waals surface area contributed by atoms with Crippen molar-refractivity contribution in [1.29, 1.82) is 0 Å². The van der Waals surface area contributed by atoms with Crippen LogP contribution in [0.2, 0.25) is 0 Å². The second-order valence-electron chi connectivity index (χ2n) is 2.98.